The maximum absolute atomic E-state index is 12.9. The predicted molar refractivity (Wildman–Crippen MR) is 103 cm³/mol. The van der Waals surface area contributed by atoms with Crippen LogP contribution in [0.5, 0.6) is 11.5 Å². The van der Waals surface area contributed by atoms with Gasteiger partial charge in [0, 0.05) is 10.9 Å². The largest absolute Gasteiger partial charge is 0.493 e. The molecule has 0 radical (unpaired) electrons. The highest BCUT2D eigenvalue weighted by atomic mass is 35.5. The molecular weight excluding hydrogens is 376 g/mol. The Labute approximate surface area is 159 Å². The Bertz CT molecular complexity index is 1040. The van der Waals surface area contributed by atoms with Crippen LogP contribution >= 0.6 is 23.7 Å². The zero-order chi connectivity index (χ0) is 18.1. The summed E-state index contributed by atoms with van der Waals surface area (Å²) in [6, 6.07) is 8.39. The molecule has 0 aliphatic carbocycles. The third-order valence-corrected chi connectivity index (χ3v) is 4.84. The quantitative estimate of drug-likeness (QED) is 0.656. The molecule has 0 fully saturated rings. The van der Waals surface area contributed by atoms with Gasteiger partial charge in [-0.3, -0.25) is 4.79 Å². The molecule has 0 aliphatic heterocycles. The number of nitrogens with zero attached hydrogens (tertiary/aromatic N) is 2. The van der Waals surface area contributed by atoms with Crippen molar-refractivity contribution >= 4 is 51.2 Å². The van der Waals surface area contributed by atoms with Crippen molar-refractivity contribution in [3.63, 3.8) is 0 Å². The molecule has 3 rings (SSSR count). The number of carbonyl (C=O) groups excluding carboxylic acids is 1. The summed E-state index contributed by atoms with van der Waals surface area (Å²) in [7, 11) is 3.02. The molecule has 7 nitrogen and oxygen atoms in total. The molecule has 4 N–H and O–H groups in total. The Hall–Kier alpha value is -3.02. The highest BCUT2D eigenvalue weighted by Gasteiger charge is 2.21. The first-order chi connectivity index (χ1) is 12.0. The van der Waals surface area contributed by atoms with Crippen molar-refractivity contribution in [2.75, 3.05) is 25.7 Å². The van der Waals surface area contributed by atoms with Crippen LogP contribution in [0.25, 0.3) is 10.2 Å². The van der Waals surface area contributed by atoms with Crippen LogP contribution in [0.1, 0.15) is 20.8 Å². The molecule has 0 saturated carbocycles. The van der Waals surface area contributed by atoms with Crippen molar-refractivity contribution in [1.82, 2.24) is 4.98 Å². The van der Waals surface area contributed by atoms with Crippen LogP contribution in [0.4, 0.5) is 11.5 Å². The molecule has 0 unspecified atom stereocenters. The van der Waals surface area contributed by atoms with Gasteiger partial charge in [0.15, 0.2) is 11.5 Å². The second kappa shape index (κ2) is 7.47. The van der Waals surface area contributed by atoms with Crippen LogP contribution in [0.2, 0.25) is 0 Å². The maximum Gasteiger partial charge on any atom is 0.205 e. The first-order valence-electron chi connectivity index (χ1n) is 7.15. The van der Waals surface area contributed by atoms with Crippen molar-refractivity contribution in [1.29, 1.82) is 5.26 Å². The number of anilines is 2. The summed E-state index contributed by atoms with van der Waals surface area (Å²) in [6.07, 6.45) is 0. The van der Waals surface area contributed by atoms with Gasteiger partial charge in [0.2, 0.25) is 5.78 Å². The van der Waals surface area contributed by atoms with Crippen molar-refractivity contribution in [3.05, 3.63) is 40.3 Å². The molecule has 0 atom stereocenters. The lowest BCUT2D eigenvalue weighted by Gasteiger charge is -2.08. The first kappa shape index (κ1) is 19.3. The Morgan fingerprint density at radius 3 is 2.50 bits per heavy atom. The summed E-state index contributed by atoms with van der Waals surface area (Å²) in [4.78, 5) is 17.9. The summed E-state index contributed by atoms with van der Waals surface area (Å²) in [6.45, 7) is 0. The summed E-state index contributed by atoms with van der Waals surface area (Å²) in [5.74, 6) is 0.818. The monoisotopic (exact) mass is 390 g/mol. The molecule has 9 heteroatoms. The highest BCUT2D eigenvalue weighted by molar-refractivity contribution is 7.21. The van der Waals surface area contributed by atoms with E-state index in [1.807, 2.05) is 6.07 Å². The van der Waals surface area contributed by atoms with Crippen LogP contribution < -0.4 is 20.9 Å². The molecule has 1 aromatic carbocycles. The third kappa shape index (κ3) is 3.10. The van der Waals surface area contributed by atoms with Gasteiger partial charge in [-0.25, -0.2) is 4.98 Å². The van der Waals surface area contributed by atoms with Gasteiger partial charge < -0.3 is 20.9 Å². The fraction of sp³-hybridized carbons (Fsp3) is 0.118. The number of benzene rings is 1. The molecule has 0 amide bonds. The lowest BCUT2D eigenvalue weighted by atomic mass is 10.1. The number of methoxy groups -OCH3 is 2. The number of hydrogen-bond acceptors (Lipinski definition) is 8. The van der Waals surface area contributed by atoms with E-state index in [9.17, 15) is 4.79 Å². The zero-order valence-electron chi connectivity index (χ0n) is 13.9. The number of ether oxygens (including phenoxy) is 2. The van der Waals surface area contributed by atoms with E-state index < -0.39 is 0 Å². The number of ketones is 1. The summed E-state index contributed by atoms with van der Waals surface area (Å²) < 4.78 is 10.4. The fourth-order valence-electron chi connectivity index (χ4n) is 2.42. The summed E-state index contributed by atoms with van der Waals surface area (Å²) >= 11 is 1.14. The van der Waals surface area contributed by atoms with Crippen LogP contribution in [-0.4, -0.2) is 25.0 Å². The SMILES string of the molecule is COc1ccc(C(=O)c2sc3nc(N)c(C#N)cc3c2N)cc1OC.Cl. The number of nitriles is 1. The number of rotatable bonds is 4. The van der Waals surface area contributed by atoms with Gasteiger partial charge in [0.1, 0.15) is 21.6 Å². The Balaban J connectivity index is 0.00000243. The number of nitrogen functional groups attached to an aromatic ring is 2. The van der Waals surface area contributed by atoms with E-state index in [-0.39, 0.29) is 35.3 Å². The lowest BCUT2D eigenvalue weighted by molar-refractivity contribution is 0.104. The molecule has 134 valence electrons. The van der Waals surface area contributed by atoms with Crippen molar-refractivity contribution in [2.45, 2.75) is 0 Å². The van der Waals surface area contributed by atoms with E-state index in [1.54, 1.807) is 24.3 Å². The van der Waals surface area contributed by atoms with Gasteiger partial charge in [-0.05, 0) is 24.3 Å². The number of thiophene rings is 1. The van der Waals surface area contributed by atoms with E-state index >= 15 is 0 Å². The normalized spacial score (nSPS) is 10.0. The maximum atomic E-state index is 12.9. The minimum absolute atomic E-state index is 0. The Morgan fingerprint density at radius 2 is 1.88 bits per heavy atom. The number of pyridine rings is 1. The zero-order valence-corrected chi connectivity index (χ0v) is 15.5. The lowest BCUT2D eigenvalue weighted by Crippen LogP contribution is -2.03. The molecule has 26 heavy (non-hydrogen) atoms. The molecule has 0 aliphatic rings. The number of fused-ring (bicyclic) bond motifs is 1. The number of nitrogens with two attached hydrogens (primary N) is 2. The van der Waals surface area contributed by atoms with E-state index in [4.69, 9.17) is 26.2 Å². The summed E-state index contributed by atoms with van der Waals surface area (Å²) in [5, 5.41) is 9.61. The minimum atomic E-state index is -0.265. The number of halogens is 1. The van der Waals surface area contributed by atoms with E-state index in [2.05, 4.69) is 4.98 Å². The van der Waals surface area contributed by atoms with Crippen molar-refractivity contribution in [3.8, 4) is 17.6 Å². The second-order valence-corrected chi connectivity index (χ2v) is 6.13. The molecule has 0 spiro atoms. The van der Waals surface area contributed by atoms with Crippen LogP contribution in [0, 0.1) is 11.3 Å². The topological polar surface area (TPSA) is 124 Å². The molecule has 0 bridgehead atoms. The predicted octanol–water partition coefficient (Wildman–Crippen LogP) is 3.00. The van der Waals surface area contributed by atoms with E-state index in [0.717, 1.165) is 11.3 Å². The molecule has 0 saturated heterocycles. The van der Waals surface area contributed by atoms with Crippen LogP contribution in [0.15, 0.2) is 24.3 Å². The van der Waals surface area contributed by atoms with Crippen LogP contribution in [-0.2, 0) is 0 Å². The number of hydrogen-bond donors (Lipinski definition) is 2. The second-order valence-electron chi connectivity index (χ2n) is 5.13. The highest BCUT2D eigenvalue weighted by Crippen LogP contribution is 2.36. The average Bonchev–Trinajstić information content (AvgIpc) is 2.95. The minimum Gasteiger partial charge on any atom is -0.493 e. The van der Waals surface area contributed by atoms with Gasteiger partial charge in [-0.15, -0.1) is 23.7 Å². The van der Waals surface area contributed by atoms with Crippen molar-refractivity contribution in [2.24, 2.45) is 0 Å². The fourth-order valence-corrected chi connectivity index (χ4v) is 3.47. The van der Waals surface area contributed by atoms with E-state index in [0.29, 0.717) is 32.2 Å². The van der Waals surface area contributed by atoms with Gasteiger partial charge in [-0.2, -0.15) is 5.26 Å². The number of carbonyl (C=O) groups is 1. The van der Waals surface area contributed by atoms with Gasteiger partial charge in [0.25, 0.3) is 0 Å². The van der Waals surface area contributed by atoms with E-state index in [1.165, 1.54) is 14.2 Å². The average molecular weight is 391 g/mol. The molecule has 3 aromatic rings. The van der Waals surface area contributed by atoms with Gasteiger partial charge in [0.05, 0.1) is 25.5 Å². The Morgan fingerprint density at radius 1 is 1.19 bits per heavy atom. The first-order valence-corrected chi connectivity index (χ1v) is 7.97. The standard InChI is InChI=1S/C17H14N4O3S.ClH/c1-23-11-4-3-8(6-12(11)24-2)14(22)15-13(19)10-5-9(7-18)16(20)21-17(10)25-15;/h3-6H,19H2,1-2H3,(H2,20,21);1H. The molecule has 2 aromatic heterocycles. The summed E-state index contributed by atoms with van der Waals surface area (Å²) in [5.41, 5.74) is 12.8. The van der Waals surface area contributed by atoms with Crippen LogP contribution in [0.3, 0.4) is 0 Å². The number of aromatic nitrogens is 1. The van der Waals surface area contributed by atoms with Gasteiger partial charge >= 0.3 is 0 Å². The van der Waals surface area contributed by atoms with Gasteiger partial charge in [-0.1, -0.05) is 0 Å². The molecule has 2 heterocycles. The van der Waals surface area contributed by atoms with Crippen molar-refractivity contribution < 1.29 is 14.3 Å². The molecular formula is C17H15ClN4O3S. The third-order valence-electron chi connectivity index (χ3n) is 3.72. The Kier molecular flexibility index (Phi) is 5.55. The smallest absolute Gasteiger partial charge is 0.205 e.